The van der Waals surface area contributed by atoms with Gasteiger partial charge in [0.2, 0.25) is 5.43 Å². The number of benzene rings is 2. The van der Waals surface area contributed by atoms with E-state index in [4.69, 9.17) is 4.74 Å². The molecular formula is C28H28N2O6. The Morgan fingerprint density at radius 3 is 2.19 bits per heavy atom. The third-order valence-corrected chi connectivity index (χ3v) is 7.10. The molecule has 1 aromatic heterocycles. The molecule has 2 aliphatic rings. The zero-order valence-electron chi connectivity index (χ0n) is 19.7. The second-order valence-corrected chi connectivity index (χ2v) is 9.35. The molecule has 1 fully saturated rings. The molecule has 0 aliphatic carbocycles. The van der Waals surface area contributed by atoms with Gasteiger partial charge in [-0.3, -0.25) is 9.59 Å². The standard InChI is InChI=1S/C28H28N2O6/c31-25-21(28(34)35)16-30-22(23(18-9-3-1-4-10-18)19-11-5-2-6-12-19)17-29(27(33)24(30)26(25)32)15-20-13-7-8-14-36-20/h1-6,9-12,16,20,22-23,32H,7-8,13-15,17H2,(H,34,35). The number of rotatable bonds is 6. The number of pyridine rings is 1. The van der Waals surface area contributed by atoms with Crippen LogP contribution in [-0.2, 0) is 4.74 Å². The monoisotopic (exact) mass is 488 g/mol. The van der Waals surface area contributed by atoms with Crippen LogP contribution in [0.1, 0.15) is 63.2 Å². The molecule has 0 bridgehead atoms. The summed E-state index contributed by atoms with van der Waals surface area (Å²) in [4.78, 5) is 39.8. The number of carboxylic acid groups (broad SMARTS) is 1. The highest BCUT2D eigenvalue weighted by Gasteiger charge is 2.40. The fourth-order valence-corrected chi connectivity index (χ4v) is 5.37. The molecule has 186 valence electrons. The lowest BCUT2D eigenvalue weighted by atomic mass is 9.83. The smallest absolute Gasteiger partial charge is 0.341 e. The number of carboxylic acids is 1. The molecule has 2 unspecified atom stereocenters. The summed E-state index contributed by atoms with van der Waals surface area (Å²) in [6, 6.07) is 19.0. The number of hydrogen-bond donors (Lipinski definition) is 2. The van der Waals surface area contributed by atoms with E-state index in [0.29, 0.717) is 13.2 Å². The maximum atomic E-state index is 13.6. The van der Waals surface area contributed by atoms with Gasteiger partial charge in [0.25, 0.3) is 5.91 Å². The van der Waals surface area contributed by atoms with Crippen LogP contribution in [0.3, 0.4) is 0 Å². The first kappa shape index (κ1) is 23.8. The molecule has 1 saturated heterocycles. The summed E-state index contributed by atoms with van der Waals surface area (Å²) in [5, 5.41) is 20.5. The van der Waals surface area contributed by atoms with Crippen molar-refractivity contribution in [3.05, 3.63) is 99.5 Å². The summed E-state index contributed by atoms with van der Waals surface area (Å²) in [6.45, 7) is 1.23. The molecule has 1 amide bonds. The molecule has 3 aromatic rings. The number of fused-ring (bicyclic) bond motifs is 1. The van der Waals surface area contributed by atoms with Crippen molar-refractivity contribution in [2.75, 3.05) is 19.7 Å². The van der Waals surface area contributed by atoms with Crippen LogP contribution in [0.25, 0.3) is 0 Å². The first-order valence-electron chi connectivity index (χ1n) is 12.2. The molecular weight excluding hydrogens is 460 g/mol. The van der Waals surface area contributed by atoms with Crippen molar-refractivity contribution in [3.63, 3.8) is 0 Å². The second-order valence-electron chi connectivity index (χ2n) is 9.35. The Hall–Kier alpha value is -3.91. The van der Waals surface area contributed by atoms with Crippen LogP contribution in [-0.4, -0.2) is 57.4 Å². The zero-order valence-corrected chi connectivity index (χ0v) is 19.7. The van der Waals surface area contributed by atoms with Crippen molar-refractivity contribution in [1.82, 2.24) is 9.47 Å². The Morgan fingerprint density at radius 2 is 1.64 bits per heavy atom. The Kier molecular flexibility index (Phi) is 6.61. The highest BCUT2D eigenvalue weighted by atomic mass is 16.5. The van der Waals surface area contributed by atoms with E-state index in [1.54, 1.807) is 4.90 Å². The molecule has 2 aliphatic heterocycles. The highest BCUT2D eigenvalue weighted by molar-refractivity contribution is 5.97. The van der Waals surface area contributed by atoms with Crippen molar-refractivity contribution in [2.24, 2.45) is 0 Å². The number of hydrogen-bond acceptors (Lipinski definition) is 5. The van der Waals surface area contributed by atoms with Crippen LogP contribution in [0.15, 0.2) is 71.7 Å². The average Bonchev–Trinajstić information content (AvgIpc) is 2.90. The normalized spacial score (nSPS) is 19.8. The Balaban J connectivity index is 1.69. The summed E-state index contributed by atoms with van der Waals surface area (Å²) in [5.74, 6) is -3.07. The van der Waals surface area contributed by atoms with E-state index < -0.39 is 34.7 Å². The molecule has 8 nitrogen and oxygen atoms in total. The summed E-state index contributed by atoms with van der Waals surface area (Å²) >= 11 is 0. The van der Waals surface area contributed by atoms with Gasteiger partial charge in [-0.25, -0.2) is 4.79 Å². The van der Waals surface area contributed by atoms with Crippen molar-refractivity contribution < 1.29 is 24.5 Å². The van der Waals surface area contributed by atoms with Crippen molar-refractivity contribution in [1.29, 1.82) is 0 Å². The molecule has 8 heteroatoms. The van der Waals surface area contributed by atoms with Crippen molar-refractivity contribution in [2.45, 2.75) is 37.3 Å². The Labute approximate surface area is 208 Å². The van der Waals surface area contributed by atoms with Gasteiger partial charge in [0.15, 0.2) is 11.4 Å². The van der Waals surface area contributed by atoms with Crippen molar-refractivity contribution in [3.8, 4) is 5.75 Å². The van der Waals surface area contributed by atoms with Crippen LogP contribution < -0.4 is 5.43 Å². The van der Waals surface area contributed by atoms with E-state index in [1.807, 2.05) is 60.7 Å². The summed E-state index contributed by atoms with van der Waals surface area (Å²) < 4.78 is 7.38. The summed E-state index contributed by atoms with van der Waals surface area (Å²) in [5.41, 5.74) is 0.121. The number of amides is 1. The SMILES string of the molecule is O=C(O)c1cn2c(c(O)c1=O)C(=O)N(CC1CCCCO1)CC2C(c1ccccc1)c1ccccc1. The maximum absolute atomic E-state index is 13.6. The molecule has 0 saturated carbocycles. The number of aromatic hydroxyl groups is 1. The third-order valence-electron chi connectivity index (χ3n) is 7.10. The van der Waals surface area contributed by atoms with Crippen LogP contribution in [0.2, 0.25) is 0 Å². The van der Waals surface area contributed by atoms with Gasteiger partial charge in [-0.1, -0.05) is 60.7 Å². The molecule has 2 atom stereocenters. The fourth-order valence-electron chi connectivity index (χ4n) is 5.37. The van der Waals surface area contributed by atoms with Crippen LogP contribution in [0, 0.1) is 0 Å². The summed E-state index contributed by atoms with van der Waals surface area (Å²) in [6.07, 6.45) is 3.89. The topological polar surface area (TPSA) is 109 Å². The Morgan fingerprint density at radius 1 is 1.00 bits per heavy atom. The number of carbonyl (C=O) groups excluding carboxylic acids is 1. The van der Waals surface area contributed by atoms with Gasteiger partial charge in [0.1, 0.15) is 5.56 Å². The van der Waals surface area contributed by atoms with E-state index in [-0.39, 0.29) is 24.3 Å². The first-order chi connectivity index (χ1) is 17.5. The van der Waals surface area contributed by atoms with Gasteiger partial charge in [0.05, 0.1) is 12.1 Å². The van der Waals surface area contributed by atoms with E-state index >= 15 is 0 Å². The maximum Gasteiger partial charge on any atom is 0.341 e. The minimum absolute atomic E-state index is 0.131. The number of nitrogens with zero attached hydrogens (tertiary/aromatic N) is 2. The molecule has 3 heterocycles. The lowest BCUT2D eigenvalue weighted by Gasteiger charge is -2.41. The van der Waals surface area contributed by atoms with Crippen molar-refractivity contribution >= 4 is 11.9 Å². The quantitative estimate of drug-likeness (QED) is 0.548. The third kappa shape index (κ3) is 4.40. The van der Waals surface area contributed by atoms with Crippen LogP contribution in [0.4, 0.5) is 0 Å². The molecule has 0 radical (unpaired) electrons. The predicted octanol–water partition coefficient (Wildman–Crippen LogP) is 3.65. The summed E-state index contributed by atoms with van der Waals surface area (Å²) in [7, 11) is 0. The average molecular weight is 489 g/mol. The largest absolute Gasteiger partial charge is 0.503 e. The molecule has 2 aromatic carbocycles. The second kappa shape index (κ2) is 9.99. The number of ether oxygens (including phenoxy) is 1. The Bertz CT molecular complexity index is 1280. The number of aromatic carboxylic acids is 1. The van der Waals surface area contributed by atoms with Crippen LogP contribution >= 0.6 is 0 Å². The molecule has 2 N–H and O–H groups in total. The first-order valence-corrected chi connectivity index (χ1v) is 12.2. The predicted molar refractivity (Wildman–Crippen MR) is 133 cm³/mol. The van der Waals surface area contributed by atoms with Gasteiger partial charge in [-0.2, -0.15) is 0 Å². The van der Waals surface area contributed by atoms with Crippen LogP contribution in [0.5, 0.6) is 5.75 Å². The highest BCUT2D eigenvalue weighted by Crippen LogP contribution is 2.40. The van der Waals surface area contributed by atoms with Gasteiger partial charge < -0.3 is 24.4 Å². The minimum atomic E-state index is -1.45. The lowest BCUT2D eigenvalue weighted by molar-refractivity contribution is -0.00853. The molecule has 36 heavy (non-hydrogen) atoms. The van der Waals surface area contributed by atoms with Gasteiger partial charge in [-0.15, -0.1) is 0 Å². The van der Waals surface area contributed by atoms with E-state index in [1.165, 1.54) is 10.8 Å². The van der Waals surface area contributed by atoms with Gasteiger partial charge in [0, 0.05) is 31.8 Å². The van der Waals surface area contributed by atoms with E-state index in [2.05, 4.69) is 0 Å². The molecule has 5 rings (SSSR count). The van der Waals surface area contributed by atoms with Gasteiger partial charge >= 0.3 is 5.97 Å². The number of aromatic nitrogens is 1. The zero-order chi connectivity index (χ0) is 25.2. The van der Waals surface area contributed by atoms with Gasteiger partial charge in [-0.05, 0) is 30.4 Å². The minimum Gasteiger partial charge on any atom is -0.503 e. The lowest BCUT2D eigenvalue weighted by Crippen LogP contribution is -2.49. The van der Waals surface area contributed by atoms with E-state index in [9.17, 15) is 24.6 Å². The van der Waals surface area contributed by atoms with E-state index in [0.717, 1.165) is 30.4 Å². The fraction of sp³-hybridized carbons (Fsp3) is 0.321. The number of carbonyl (C=O) groups is 2. The molecule has 0 spiro atoms.